The van der Waals surface area contributed by atoms with Gasteiger partial charge in [0.15, 0.2) is 5.75 Å². The SMILES string of the molecule is N#C/C(=C\c1cc(Cl)c(O)c(Cl)c1)C(=O)Nc1cccc(Cl)c1Cl. The number of benzene rings is 2. The Bertz CT molecular complexity index is 865. The highest BCUT2D eigenvalue weighted by molar-refractivity contribution is 6.44. The molecule has 24 heavy (non-hydrogen) atoms. The van der Waals surface area contributed by atoms with E-state index in [2.05, 4.69) is 5.32 Å². The van der Waals surface area contributed by atoms with Gasteiger partial charge in [-0.25, -0.2) is 0 Å². The maximum atomic E-state index is 12.2. The van der Waals surface area contributed by atoms with Crippen LogP contribution in [0.25, 0.3) is 6.08 Å². The van der Waals surface area contributed by atoms with E-state index in [1.165, 1.54) is 18.2 Å². The van der Waals surface area contributed by atoms with Gasteiger partial charge in [0.25, 0.3) is 5.91 Å². The van der Waals surface area contributed by atoms with Crippen LogP contribution >= 0.6 is 46.4 Å². The summed E-state index contributed by atoms with van der Waals surface area (Å²) in [7, 11) is 0. The summed E-state index contributed by atoms with van der Waals surface area (Å²) < 4.78 is 0. The van der Waals surface area contributed by atoms with E-state index in [1.54, 1.807) is 24.3 Å². The molecule has 0 aromatic heterocycles. The van der Waals surface area contributed by atoms with Crippen molar-refractivity contribution in [3.8, 4) is 11.8 Å². The number of phenolic OH excluding ortho intramolecular Hbond substituents is 1. The van der Waals surface area contributed by atoms with Gasteiger partial charge in [-0.15, -0.1) is 0 Å². The maximum absolute atomic E-state index is 12.2. The molecule has 0 heterocycles. The van der Waals surface area contributed by atoms with Crippen molar-refractivity contribution in [2.24, 2.45) is 0 Å². The van der Waals surface area contributed by atoms with Crippen molar-refractivity contribution >= 4 is 64.1 Å². The van der Waals surface area contributed by atoms with E-state index in [1.807, 2.05) is 0 Å². The number of aromatic hydroxyl groups is 1. The molecule has 2 aromatic carbocycles. The molecular weight excluding hydrogens is 394 g/mol. The first kappa shape index (κ1) is 18.4. The van der Waals surface area contributed by atoms with E-state index >= 15 is 0 Å². The third-order valence-corrected chi connectivity index (χ3v) is 4.31. The molecule has 0 unspecified atom stereocenters. The van der Waals surface area contributed by atoms with Crippen LogP contribution in [-0.2, 0) is 4.79 Å². The number of phenols is 1. The number of carbonyl (C=O) groups is 1. The largest absolute Gasteiger partial charge is 0.505 e. The molecule has 0 aliphatic rings. The Labute approximate surface area is 157 Å². The molecule has 0 fully saturated rings. The Morgan fingerprint density at radius 2 is 1.75 bits per heavy atom. The van der Waals surface area contributed by atoms with Gasteiger partial charge in [0, 0.05) is 0 Å². The second-order valence-electron chi connectivity index (χ2n) is 4.56. The summed E-state index contributed by atoms with van der Waals surface area (Å²) in [5.41, 5.74) is 0.452. The van der Waals surface area contributed by atoms with Gasteiger partial charge in [-0.05, 0) is 35.9 Å². The van der Waals surface area contributed by atoms with Crippen LogP contribution in [0.4, 0.5) is 5.69 Å². The zero-order valence-electron chi connectivity index (χ0n) is 11.8. The van der Waals surface area contributed by atoms with Crippen LogP contribution in [0.3, 0.4) is 0 Å². The van der Waals surface area contributed by atoms with Crippen molar-refractivity contribution in [1.29, 1.82) is 5.26 Å². The van der Waals surface area contributed by atoms with Gasteiger partial charge in [0.1, 0.15) is 11.6 Å². The Hall–Kier alpha value is -1.90. The van der Waals surface area contributed by atoms with Crippen LogP contribution in [-0.4, -0.2) is 11.0 Å². The Kier molecular flexibility index (Phi) is 5.98. The number of nitrogens with one attached hydrogen (secondary N) is 1. The second-order valence-corrected chi connectivity index (χ2v) is 6.16. The molecule has 0 atom stereocenters. The lowest BCUT2D eigenvalue weighted by molar-refractivity contribution is -0.112. The highest BCUT2D eigenvalue weighted by Gasteiger charge is 2.14. The van der Waals surface area contributed by atoms with Crippen molar-refractivity contribution in [3.05, 3.63) is 61.6 Å². The third-order valence-electron chi connectivity index (χ3n) is 2.92. The quantitative estimate of drug-likeness (QED) is 0.522. The predicted molar refractivity (Wildman–Crippen MR) is 96.8 cm³/mol. The molecule has 2 aromatic rings. The van der Waals surface area contributed by atoms with Crippen molar-refractivity contribution in [1.82, 2.24) is 0 Å². The molecule has 0 aliphatic heterocycles. The molecule has 0 bridgehead atoms. The van der Waals surface area contributed by atoms with Gasteiger partial charge in [0.05, 0.1) is 25.8 Å². The van der Waals surface area contributed by atoms with Crippen molar-refractivity contribution < 1.29 is 9.90 Å². The van der Waals surface area contributed by atoms with Gasteiger partial charge in [-0.3, -0.25) is 4.79 Å². The zero-order valence-corrected chi connectivity index (χ0v) is 14.8. The number of amides is 1. The first-order valence-corrected chi connectivity index (χ1v) is 7.90. The standard InChI is InChI=1S/C16H8Cl4N2O2/c17-10-2-1-3-13(14(10)20)22-16(24)9(7-21)4-8-5-11(18)15(23)12(19)6-8/h1-6,23H,(H,22,24)/b9-4+. The van der Waals surface area contributed by atoms with E-state index in [9.17, 15) is 15.2 Å². The fourth-order valence-corrected chi connectivity index (χ4v) is 2.63. The number of anilines is 1. The number of rotatable bonds is 3. The topological polar surface area (TPSA) is 73.1 Å². The highest BCUT2D eigenvalue weighted by atomic mass is 35.5. The number of hydrogen-bond donors (Lipinski definition) is 2. The normalized spacial score (nSPS) is 11.0. The first-order valence-electron chi connectivity index (χ1n) is 6.38. The number of nitriles is 1. The molecule has 8 heteroatoms. The number of halogens is 4. The first-order chi connectivity index (χ1) is 11.3. The predicted octanol–water partition coefficient (Wildman–Crippen LogP) is 5.55. The van der Waals surface area contributed by atoms with E-state index < -0.39 is 5.91 Å². The molecule has 122 valence electrons. The highest BCUT2D eigenvalue weighted by Crippen LogP contribution is 2.33. The number of hydrogen-bond acceptors (Lipinski definition) is 3. The molecule has 0 spiro atoms. The summed E-state index contributed by atoms with van der Waals surface area (Å²) in [6.07, 6.45) is 1.28. The maximum Gasteiger partial charge on any atom is 0.266 e. The third kappa shape index (κ3) is 4.14. The van der Waals surface area contributed by atoms with Gasteiger partial charge in [-0.1, -0.05) is 52.5 Å². The van der Waals surface area contributed by atoms with Crippen molar-refractivity contribution in [2.45, 2.75) is 0 Å². The van der Waals surface area contributed by atoms with Crippen LogP contribution in [0.5, 0.6) is 5.75 Å². The summed E-state index contributed by atoms with van der Waals surface area (Å²) in [5, 5.41) is 21.7. The average Bonchev–Trinajstić information content (AvgIpc) is 2.54. The van der Waals surface area contributed by atoms with Crippen molar-refractivity contribution in [3.63, 3.8) is 0 Å². The molecule has 2 rings (SSSR count). The summed E-state index contributed by atoms with van der Waals surface area (Å²) in [4.78, 5) is 12.2. The molecule has 4 nitrogen and oxygen atoms in total. The van der Waals surface area contributed by atoms with Gasteiger partial charge >= 0.3 is 0 Å². The molecule has 0 saturated carbocycles. The smallest absolute Gasteiger partial charge is 0.266 e. The number of carbonyl (C=O) groups excluding carboxylic acids is 1. The lowest BCUT2D eigenvalue weighted by atomic mass is 10.1. The van der Waals surface area contributed by atoms with Gasteiger partial charge in [-0.2, -0.15) is 5.26 Å². The fourth-order valence-electron chi connectivity index (χ4n) is 1.77. The van der Waals surface area contributed by atoms with Crippen LogP contribution in [0, 0.1) is 11.3 Å². The molecule has 2 N–H and O–H groups in total. The Morgan fingerprint density at radius 3 is 2.33 bits per heavy atom. The van der Waals surface area contributed by atoms with Gasteiger partial charge < -0.3 is 10.4 Å². The van der Waals surface area contributed by atoms with Crippen molar-refractivity contribution in [2.75, 3.05) is 5.32 Å². The van der Waals surface area contributed by atoms with Crippen LogP contribution in [0.15, 0.2) is 35.9 Å². The van der Waals surface area contributed by atoms with Crippen LogP contribution in [0.2, 0.25) is 20.1 Å². The Morgan fingerprint density at radius 1 is 1.12 bits per heavy atom. The summed E-state index contributed by atoms with van der Waals surface area (Å²) >= 11 is 23.5. The van der Waals surface area contributed by atoms with Crippen LogP contribution < -0.4 is 5.32 Å². The van der Waals surface area contributed by atoms with Gasteiger partial charge in [0.2, 0.25) is 0 Å². The minimum Gasteiger partial charge on any atom is -0.505 e. The Balaban J connectivity index is 2.33. The minimum atomic E-state index is -0.679. The van der Waals surface area contributed by atoms with E-state index in [0.717, 1.165) is 0 Å². The fraction of sp³-hybridized carbons (Fsp3) is 0. The summed E-state index contributed by atoms with van der Waals surface area (Å²) in [6, 6.07) is 9.26. The lowest BCUT2D eigenvalue weighted by Crippen LogP contribution is -2.13. The lowest BCUT2D eigenvalue weighted by Gasteiger charge is -2.08. The summed E-state index contributed by atoms with van der Waals surface area (Å²) in [5.74, 6) is -0.953. The zero-order chi connectivity index (χ0) is 17.9. The van der Waals surface area contributed by atoms with E-state index in [4.69, 9.17) is 46.4 Å². The molecule has 0 aliphatic carbocycles. The monoisotopic (exact) mass is 400 g/mol. The minimum absolute atomic E-state index is 0.00401. The molecule has 0 saturated heterocycles. The molecule has 0 radical (unpaired) electrons. The van der Waals surface area contributed by atoms with Crippen LogP contribution in [0.1, 0.15) is 5.56 Å². The van der Waals surface area contributed by atoms with E-state index in [-0.39, 0.29) is 37.1 Å². The number of nitrogens with zero attached hydrogens (tertiary/aromatic N) is 1. The summed E-state index contributed by atoms with van der Waals surface area (Å²) in [6.45, 7) is 0. The molecular formula is C16H8Cl4N2O2. The molecule has 1 amide bonds. The second kappa shape index (κ2) is 7.78. The van der Waals surface area contributed by atoms with E-state index in [0.29, 0.717) is 5.56 Å². The average molecular weight is 402 g/mol.